The van der Waals surface area contributed by atoms with Gasteiger partial charge in [-0.05, 0) is 37.4 Å². The molecule has 1 aromatic heterocycles. The predicted molar refractivity (Wildman–Crippen MR) is 114 cm³/mol. The Labute approximate surface area is 179 Å². The van der Waals surface area contributed by atoms with Crippen molar-refractivity contribution in [1.29, 1.82) is 0 Å². The van der Waals surface area contributed by atoms with E-state index in [4.69, 9.17) is 11.6 Å². The topological polar surface area (TPSA) is 170 Å². The van der Waals surface area contributed by atoms with Gasteiger partial charge in [0.05, 0.1) is 38.5 Å². The van der Waals surface area contributed by atoms with E-state index in [9.17, 15) is 27.6 Å². The standard InChI is InChI=1S/C18H16ClN5O6S/c1-20-31(29,30)9-5-6-12(19)11(7-9)16(26)21-8-14(25)22-13-4-2-3-10-15(13)18(28)24-23-17(10)27/h2-7,20H,8H2,1H3,(H,21,26)(H,22,25)(H,23,27)(H,24,28). The van der Waals surface area contributed by atoms with Crippen molar-refractivity contribution >= 4 is 49.9 Å². The molecule has 0 aliphatic rings. The van der Waals surface area contributed by atoms with Gasteiger partial charge in [-0.3, -0.25) is 29.4 Å². The van der Waals surface area contributed by atoms with Crippen molar-refractivity contribution in [1.82, 2.24) is 20.2 Å². The van der Waals surface area contributed by atoms with Crippen molar-refractivity contribution in [2.24, 2.45) is 0 Å². The van der Waals surface area contributed by atoms with Crippen LogP contribution in [0.3, 0.4) is 0 Å². The van der Waals surface area contributed by atoms with Crippen molar-refractivity contribution in [3.05, 3.63) is 67.7 Å². The van der Waals surface area contributed by atoms with Crippen molar-refractivity contribution < 1.29 is 18.0 Å². The Morgan fingerprint density at radius 3 is 2.48 bits per heavy atom. The number of aromatic nitrogens is 2. The molecule has 0 aliphatic carbocycles. The number of carbonyl (C=O) groups is 2. The van der Waals surface area contributed by atoms with Crippen LogP contribution >= 0.6 is 11.6 Å². The third-order valence-electron chi connectivity index (χ3n) is 4.27. The summed E-state index contributed by atoms with van der Waals surface area (Å²) in [6.07, 6.45) is 0. The highest BCUT2D eigenvalue weighted by Crippen LogP contribution is 2.20. The number of fused-ring (bicyclic) bond motifs is 1. The van der Waals surface area contributed by atoms with E-state index in [0.717, 1.165) is 6.07 Å². The van der Waals surface area contributed by atoms with Crippen LogP contribution in [-0.4, -0.2) is 44.0 Å². The molecule has 2 amide bonds. The summed E-state index contributed by atoms with van der Waals surface area (Å²) in [7, 11) is -2.58. The van der Waals surface area contributed by atoms with Gasteiger partial charge in [0, 0.05) is 0 Å². The van der Waals surface area contributed by atoms with Crippen LogP contribution in [0.4, 0.5) is 5.69 Å². The molecule has 31 heavy (non-hydrogen) atoms. The van der Waals surface area contributed by atoms with Gasteiger partial charge in [-0.15, -0.1) is 0 Å². The zero-order valence-corrected chi connectivity index (χ0v) is 17.5. The normalized spacial score (nSPS) is 11.3. The fraction of sp³-hybridized carbons (Fsp3) is 0.111. The Balaban J connectivity index is 1.77. The van der Waals surface area contributed by atoms with Gasteiger partial charge in [0.1, 0.15) is 0 Å². The highest BCUT2D eigenvalue weighted by Gasteiger charge is 2.18. The van der Waals surface area contributed by atoms with Crippen LogP contribution in [0.5, 0.6) is 0 Å². The highest BCUT2D eigenvalue weighted by molar-refractivity contribution is 7.89. The Kier molecular flexibility index (Phi) is 6.24. The van der Waals surface area contributed by atoms with E-state index in [1.165, 1.54) is 37.4 Å². The fourth-order valence-electron chi connectivity index (χ4n) is 2.75. The number of amides is 2. The zero-order chi connectivity index (χ0) is 22.8. The molecule has 11 nitrogen and oxygen atoms in total. The average molecular weight is 466 g/mol. The van der Waals surface area contributed by atoms with Gasteiger partial charge in [-0.25, -0.2) is 13.1 Å². The lowest BCUT2D eigenvalue weighted by Crippen LogP contribution is -2.33. The summed E-state index contributed by atoms with van der Waals surface area (Å²) in [5.41, 5.74) is -1.20. The first-order chi connectivity index (χ1) is 14.6. The maximum absolute atomic E-state index is 12.4. The summed E-state index contributed by atoms with van der Waals surface area (Å²) in [5, 5.41) is 9.20. The number of hydrogen-bond acceptors (Lipinski definition) is 6. The van der Waals surface area contributed by atoms with E-state index < -0.39 is 39.5 Å². The second-order valence-corrected chi connectivity index (χ2v) is 8.51. The molecule has 5 N–H and O–H groups in total. The minimum Gasteiger partial charge on any atom is -0.343 e. The molecule has 162 valence electrons. The third kappa shape index (κ3) is 4.66. The Morgan fingerprint density at radius 1 is 1.06 bits per heavy atom. The van der Waals surface area contributed by atoms with Crippen molar-refractivity contribution in [3.8, 4) is 0 Å². The number of rotatable bonds is 6. The number of halogens is 1. The predicted octanol–water partition coefficient (Wildman–Crippen LogP) is 0.146. The Hall–Kier alpha value is -3.48. The minimum atomic E-state index is -3.80. The molecular formula is C18H16ClN5O6S. The van der Waals surface area contributed by atoms with Crippen LogP contribution in [0.25, 0.3) is 10.8 Å². The first-order valence-electron chi connectivity index (χ1n) is 8.69. The van der Waals surface area contributed by atoms with Gasteiger partial charge in [0.15, 0.2) is 0 Å². The second kappa shape index (κ2) is 8.71. The van der Waals surface area contributed by atoms with E-state index in [-0.39, 0.29) is 31.9 Å². The highest BCUT2D eigenvalue weighted by atomic mass is 35.5. The number of hydrogen-bond donors (Lipinski definition) is 5. The van der Waals surface area contributed by atoms with Gasteiger partial charge in [0.2, 0.25) is 15.9 Å². The molecule has 0 atom stereocenters. The summed E-state index contributed by atoms with van der Waals surface area (Å²) < 4.78 is 25.9. The van der Waals surface area contributed by atoms with Crippen LogP contribution in [0, 0.1) is 0 Å². The zero-order valence-electron chi connectivity index (χ0n) is 15.9. The average Bonchev–Trinajstić information content (AvgIpc) is 2.75. The Bertz CT molecular complexity index is 1410. The number of anilines is 1. The van der Waals surface area contributed by atoms with Crippen LogP contribution in [0.2, 0.25) is 5.02 Å². The molecule has 1 heterocycles. The van der Waals surface area contributed by atoms with Crippen molar-refractivity contribution in [2.75, 3.05) is 18.9 Å². The number of H-pyrrole nitrogens is 2. The lowest BCUT2D eigenvalue weighted by molar-refractivity contribution is -0.115. The molecule has 2 aromatic carbocycles. The summed E-state index contributed by atoms with van der Waals surface area (Å²) in [4.78, 5) is 48.4. The van der Waals surface area contributed by atoms with Crippen LogP contribution in [0.1, 0.15) is 10.4 Å². The SMILES string of the molecule is CNS(=O)(=O)c1ccc(Cl)c(C(=O)NCC(=O)Nc2cccc3c(=O)[nH][nH]c(=O)c23)c1. The number of nitrogens with one attached hydrogen (secondary N) is 5. The quantitative estimate of drug-likeness (QED) is 0.346. The first kappa shape index (κ1) is 22.2. The smallest absolute Gasteiger partial charge is 0.272 e. The molecule has 0 fully saturated rings. The number of aromatic amines is 2. The van der Waals surface area contributed by atoms with E-state index >= 15 is 0 Å². The number of carbonyl (C=O) groups excluding carboxylic acids is 2. The monoisotopic (exact) mass is 465 g/mol. The Morgan fingerprint density at radius 2 is 1.77 bits per heavy atom. The third-order valence-corrected chi connectivity index (χ3v) is 6.01. The summed E-state index contributed by atoms with van der Waals surface area (Å²) in [6.45, 7) is -0.504. The van der Waals surface area contributed by atoms with Crippen molar-refractivity contribution in [2.45, 2.75) is 4.90 Å². The molecule has 0 saturated carbocycles. The van der Waals surface area contributed by atoms with Gasteiger partial charge >= 0.3 is 0 Å². The van der Waals surface area contributed by atoms with E-state index in [2.05, 4.69) is 25.6 Å². The minimum absolute atomic E-state index is 0.00669. The van der Waals surface area contributed by atoms with Crippen LogP contribution in [0.15, 0.2) is 50.9 Å². The lowest BCUT2D eigenvalue weighted by atomic mass is 10.1. The van der Waals surface area contributed by atoms with Gasteiger partial charge < -0.3 is 10.6 Å². The van der Waals surface area contributed by atoms with E-state index in [1.807, 2.05) is 0 Å². The lowest BCUT2D eigenvalue weighted by Gasteiger charge is -2.10. The molecule has 0 spiro atoms. The van der Waals surface area contributed by atoms with Crippen molar-refractivity contribution in [3.63, 3.8) is 0 Å². The van der Waals surface area contributed by atoms with E-state index in [1.54, 1.807) is 0 Å². The molecule has 0 bridgehead atoms. The largest absolute Gasteiger partial charge is 0.343 e. The van der Waals surface area contributed by atoms with E-state index in [0.29, 0.717) is 0 Å². The summed E-state index contributed by atoms with van der Waals surface area (Å²) >= 11 is 5.98. The molecule has 3 rings (SSSR count). The summed E-state index contributed by atoms with van der Waals surface area (Å²) in [6, 6.07) is 7.91. The second-order valence-electron chi connectivity index (χ2n) is 6.22. The number of benzene rings is 2. The molecule has 0 radical (unpaired) electrons. The number of sulfonamides is 1. The molecule has 0 aliphatic heterocycles. The molecule has 0 saturated heterocycles. The summed E-state index contributed by atoms with van der Waals surface area (Å²) in [5.74, 6) is -1.46. The molecule has 3 aromatic rings. The van der Waals surface area contributed by atoms with Gasteiger partial charge in [-0.2, -0.15) is 0 Å². The maximum atomic E-state index is 12.4. The molecule has 13 heteroatoms. The fourth-order valence-corrected chi connectivity index (χ4v) is 3.71. The first-order valence-corrected chi connectivity index (χ1v) is 10.5. The molecular weight excluding hydrogens is 450 g/mol. The van der Waals surface area contributed by atoms with Gasteiger partial charge in [-0.1, -0.05) is 17.7 Å². The van der Waals surface area contributed by atoms with Gasteiger partial charge in [0.25, 0.3) is 17.0 Å². The molecule has 0 unspecified atom stereocenters. The van der Waals surface area contributed by atoms with Crippen LogP contribution in [-0.2, 0) is 14.8 Å². The maximum Gasteiger partial charge on any atom is 0.272 e. The van der Waals surface area contributed by atoms with Crippen LogP contribution < -0.4 is 26.5 Å².